The van der Waals surface area contributed by atoms with E-state index in [4.69, 9.17) is 4.74 Å². The number of unbranched alkanes of at least 4 members (excludes halogenated alkanes) is 1. The normalized spacial score (nSPS) is 12.0. The third-order valence-corrected chi connectivity index (χ3v) is 5.20. The molecule has 162 valence electrons. The molecule has 1 aliphatic rings. The maximum atomic E-state index is 13.1. The minimum absolute atomic E-state index is 0.0114. The van der Waals surface area contributed by atoms with Crippen LogP contribution in [0, 0.1) is 11.8 Å². The highest BCUT2D eigenvalue weighted by Gasteiger charge is 2.20. The molecule has 2 aromatic rings. The Morgan fingerprint density at radius 1 is 0.968 bits per heavy atom. The summed E-state index contributed by atoms with van der Waals surface area (Å²) < 4.78 is 5.28. The van der Waals surface area contributed by atoms with Crippen molar-refractivity contribution in [2.45, 2.75) is 32.2 Å². The van der Waals surface area contributed by atoms with E-state index in [0.29, 0.717) is 57.7 Å². The van der Waals surface area contributed by atoms with Crippen molar-refractivity contribution in [2.24, 2.45) is 0 Å². The minimum atomic E-state index is -0.0114. The molecule has 0 saturated carbocycles. The van der Waals surface area contributed by atoms with Gasteiger partial charge < -0.3 is 15.0 Å². The molecule has 0 unspecified atom stereocenters. The molecule has 1 aliphatic heterocycles. The molecule has 6 heteroatoms. The number of hydrogen-bond donors (Lipinski definition) is 2. The fourth-order valence-electron chi connectivity index (χ4n) is 3.42. The molecule has 0 aliphatic carbocycles. The summed E-state index contributed by atoms with van der Waals surface area (Å²) in [4.78, 5) is 26.8. The van der Waals surface area contributed by atoms with Crippen LogP contribution in [-0.2, 0) is 20.9 Å². The van der Waals surface area contributed by atoms with Crippen molar-refractivity contribution in [3.63, 3.8) is 0 Å². The number of carbonyl (C=O) groups excluding carboxylic acids is 2. The maximum Gasteiger partial charge on any atom is 0.227 e. The summed E-state index contributed by atoms with van der Waals surface area (Å²) in [5.41, 5.74) is 3.68. The maximum absolute atomic E-state index is 13.1. The van der Waals surface area contributed by atoms with E-state index in [0.717, 1.165) is 22.4 Å². The van der Waals surface area contributed by atoms with E-state index < -0.39 is 0 Å². The molecule has 0 bridgehead atoms. The number of thiol groups is 1. The number of nitrogens with one attached hydrogen (secondary N) is 1. The van der Waals surface area contributed by atoms with Gasteiger partial charge >= 0.3 is 0 Å². The molecule has 0 saturated heterocycles. The molecule has 0 radical (unpaired) electrons. The van der Waals surface area contributed by atoms with E-state index in [9.17, 15) is 9.59 Å². The quantitative estimate of drug-likeness (QED) is 0.340. The zero-order valence-electron chi connectivity index (χ0n) is 17.6. The average Bonchev–Trinajstić information content (AvgIpc) is 2.78. The molecule has 31 heavy (non-hydrogen) atoms. The Morgan fingerprint density at radius 3 is 2.52 bits per heavy atom. The van der Waals surface area contributed by atoms with Crippen LogP contribution in [0.3, 0.4) is 0 Å². The monoisotopic (exact) mass is 436 g/mol. The fourth-order valence-corrected chi connectivity index (χ4v) is 3.55. The van der Waals surface area contributed by atoms with Crippen molar-refractivity contribution in [3.05, 3.63) is 65.2 Å². The summed E-state index contributed by atoms with van der Waals surface area (Å²) in [7, 11) is 0. The van der Waals surface area contributed by atoms with Crippen LogP contribution >= 0.6 is 12.6 Å². The number of nitrogens with zero attached hydrogens (tertiary/aromatic N) is 1. The molecule has 5 nitrogen and oxygen atoms in total. The largest absolute Gasteiger partial charge is 0.379 e. The van der Waals surface area contributed by atoms with Crippen molar-refractivity contribution >= 4 is 30.1 Å². The third-order valence-electron chi connectivity index (χ3n) is 5.02. The van der Waals surface area contributed by atoms with E-state index >= 15 is 0 Å². The first-order chi connectivity index (χ1) is 15.2. The Balaban J connectivity index is 1.54. The van der Waals surface area contributed by atoms with Crippen molar-refractivity contribution in [2.75, 3.05) is 30.4 Å². The number of carbonyl (C=O) groups is 2. The highest BCUT2D eigenvalue weighted by molar-refractivity contribution is 7.80. The highest BCUT2D eigenvalue weighted by Crippen LogP contribution is 2.26. The predicted molar refractivity (Wildman–Crippen MR) is 126 cm³/mol. The van der Waals surface area contributed by atoms with Crippen molar-refractivity contribution < 1.29 is 14.3 Å². The van der Waals surface area contributed by atoms with Gasteiger partial charge in [-0.15, -0.1) is 0 Å². The van der Waals surface area contributed by atoms with Gasteiger partial charge in [-0.25, -0.2) is 0 Å². The van der Waals surface area contributed by atoms with Crippen LogP contribution in [0.4, 0.5) is 5.69 Å². The lowest BCUT2D eigenvalue weighted by molar-refractivity contribution is -0.122. The van der Waals surface area contributed by atoms with Gasteiger partial charge in [-0.2, -0.15) is 12.6 Å². The van der Waals surface area contributed by atoms with Gasteiger partial charge in [0, 0.05) is 36.3 Å². The molecular weight excluding hydrogens is 408 g/mol. The fraction of sp³-hybridized carbons (Fsp3) is 0.360. The van der Waals surface area contributed by atoms with E-state index in [-0.39, 0.29) is 11.8 Å². The Kier molecular flexibility index (Phi) is 9.01. The topological polar surface area (TPSA) is 58.6 Å². The zero-order valence-corrected chi connectivity index (χ0v) is 18.5. The summed E-state index contributed by atoms with van der Waals surface area (Å²) in [6, 6.07) is 15.7. The van der Waals surface area contributed by atoms with E-state index in [2.05, 4.69) is 29.8 Å². The smallest absolute Gasteiger partial charge is 0.227 e. The second-order valence-electron chi connectivity index (χ2n) is 7.30. The van der Waals surface area contributed by atoms with Gasteiger partial charge in [0.2, 0.25) is 11.8 Å². The number of anilines is 1. The number of rotatable bonds is 10. The summed E-state index contributed by atoms with van der Waals surface area (Å²) in [6.45, 7) is 2.06. The lowest BCUT2D eigenvalue weighted by atomic mass is 10.0. The summed E-state index contributed by atoms with van der Waals surface area (Å²) in [6.07, 6.45) is 2.13. The van der Waals surface area contributed by atoms with Crippen molar-refractivity contribution in [1.29, 1.82) is 0 Å². The zero-order chi connectivity index (χ0) is 21.9. The molecular formula is C25H28N2O3S. The number of amides is 2. The van der Waals surface area contributed by atoms with Crippen molar-refractivity contribution in [1.82, 2.24) is 5.32 Å². The summed E-state index contributed by atoms with van der Waals surface area (Å²) >= 11 is 4.07. The van der Waals surface area contributed by atoms with Gasteiger partial charge in [-0.3, -0.25) is 9.59 Å². The average molecular weight is 437 g/mol. The Hall–Kier alpha value is -2.75. The first-order valence-electron chi connectivity index (χ1n) is 10.6. The molecule has 0 atom stereocenters. The van der Waals surface area contributed by atoms with E-state index in [1.54, 1.807) is 0 Å². The Morgan fingerprint density at radius 2 is 1.68 bits per heavy atom. The van der Waals surface area contributed by atoms with Gasteiger partial charge in [-0.1, -0.05) is 42.2 Å². The molecule has 1 N–H and O–H groups in total. The lowest BCUT2D eigenvalue weighted by Crippen LogP contribution is -2.31. The van der Waals surface area contributed by atoms with Crippen LogP contribution in [0.25, 0.3) is 0 Å². The second kappa shape index (κ2) is 12.2. The SMILES string of the molecule is O=C(CCCCC(=O)N1Cc2ccccc2C#Cc2ccccc21)NCCOCCS. The lowest BCUT2D eigenvalue weighted by Gasteiger charge is -2.26. The molecule has 3 rings (SSSR count). The summed E-state index contributed by atoms with van der Waals surface area (Å²) in [5.74, 6) is 7.14. The minimum Gasteiger partial charge on any atom is -0.379 e. The number of hydrogen-bond acceptors (Lipinski definition) is 4. The first-order valence-corrected chi connectivity index (χ1v) is 11.3. The molecule has 0 aromatic heterocycles. The number of ether oxygens (including phenoxy) is 1. The van der Waals surface area contributed by atoms with Gasteiger partial charge in [0.1, 0.15) is 0 Å². The number of benzene rings is 2. The third kappa shape index (κ3) is 6.88. The number of para-hydroxylation sites is 1. The van der Waals surface area contributed by atoms with Crippen LogP contribution in [0.1, 0.15) is 42.4 Å². The predicted octanol–water partition coefficient (Wildman–Crippen LogP) is 3.56. The van der Waals surface area contributed by atoms with E-state index in [1.165, 1.54) is 0 Å². The molecule has 0 fully saturated rings. The molecule has 2 aromatic carbocycles. The van der Waals surface area contributed by atoms with Gasteiger partial charge in [0.05, 0.1) is 25.4 Å². The first kappa shape index (κ1) is 22.9. The van der Waals surface area contributed by atoms with Crippen LogP contribution in [-0.4, -0.2) is 37.3 Å². The van der Waals surface area contributed by atoms with Crippen LogP contribution in [0.15, 0.2) is 48.5 Å². The Bertz CT molecular complexity index is 964. The highest BCUT2D eigenvalue weighted by atomic mass is 32.1. The second-order valence-corrected chi connectivity index (χ2v) is 7.74. The van der Waals surface area contributed by atoms with Crippen molar-refractivity contribution in [3.8, 4) is 11.8 Å². The van der Waals surface area contributed by atoms with Crippen LogP contribution < -0.4 is 10.2 Å². The van der Waals surface area contributed by atoms with Gasteiger partial charge in [-0.05, 0) is 36.6 Å². The molecule has 0 spiro atoms. The molecule has 1 heterocycles. The standard InChI is InChI=1S/C25H28N2O3S/c28-24(26-15-16-30-17-18-31)11-5-6-12-25(29)27-19-22-9-2-1-7-20(22)13-14-21-8-3-4-10-23(21)27/h1-4,7-10,31H,5-6,11-12,15-19H2,(H,26,28). The number of fused-ring (bicyclic) bond motifs is 2. The van der Waals surface area contributed by atoms with Crippen LogP contribution in [0.5, 0.6) is 0 Å². The molecule has 2 amide bonds. The Labute approximate surface area is 189 Å². The van der Waals surface area contributed by atoms with Crippen LogP contribution in [0.2, 0.25) is 0 Å². The van der Waals surface area contributed by atoms with Gasteiger partial charge in [0.25, 0.3) is 0 Å². The summed E-state index contributed by atoms with van der Waals surface area (Å²) in [5, 5.41) is 2.83. The van der Waals surface area contributed by atoms with E-state index in [1.807, 2.05) is 53.4 Å². The van der Waals surface area contributed by atoms with Gasteiger partial charge in [0.15, 0.2) is 0 Å².